The SMILES string of the molecule is CC1CC=C(c2cccc(F)c2F)CN(CC(F)(F)F)C1=O. The first kappa shape index (κ1) is 16.5. The monoisotopic (exact) mass is 319 g/mol. The Morgan fingerprint density at radius 3 is 2.59 bits per heavy atom. The van der Waals surface area contributed by atoms with E-state index in [0.29, 0.717) is 4.90 Å². The molecule has 1 unspecified atom stereocenters. The van der Waals surface area contributed by atoms with Crippen LogP contribution in [0.2, 0.25) is 0 Å². The van der Waals surface area contributed by atoms with Crippen molar-refractivity contribution < 1.29 is 26.7 Å². The molecule has 0 radical (unpaired) electrons. The van der Waals surface area contributed by atoms with Crippen molar-refractivity contribution in [1.82, 2.24) is 4.90 Å². The Kier molecular flexibility index (Phi) is 4.53. The van der Waals surface area contributed by atoms with Gasteiger partial charge in [0, 0.05) is 18.0 Å². The van der Waals surface area contributed by atoms with Crippen molar-refractivity contribution in [3.8, 4) is 0 Å². The second-order valence-electron chi connectivity index (χ2n) is 5.28. The van der Waals surface area contributed by atoms with E-state index < -0.39 is 42.7 Å². The molecule has 0 saturated heterocycles. The van der Waals surface area contributed by atoms with E-state index in [0.717, 1.165) is 6.07 Å². The predicted octanol–water partition coefficient (Wildman–Crippen LogP) is 3.78. The first-order valence-electron chi connectivity index (χ1n) is 6.68. The Hall–Kier alpha value is -1.92. The number of carbonyl (C=O) groups excluding carboxylic acids is 1. The highest BCUT2D eigenvalue weighted by molar-refractivity contribution is 5.83. The molecule has 120 valence electrons. The van der Waals surface area contributed by atoms with E-state index in [4.69, 9.17) is 0 Å². The minimum atomic E-state index is -4.55. The molecule has 2 rings (SSSR count). The second kappa shape index (κ2) is 6.06. The highest BCUT2D eigenvalue weighted by Gasteiger charge is 2.36. The zero-order valence-corrected chi connectivity index (χ0v) is 11.8. The minimum Gasteiger partial charge on any atom is -0.329 e. The quantitative estimate of drug-likeness (QED) is 0.760. The van der Waals surface area contributed by atoms with E-state index in [-0.39, 0.29) is 17.6 Å². The molecule has 1 atom stereocenters. The number of nitrogens with zero attached hydrogens (tertiary/aromatic N) is 1. The number of benzene rings is 1. The van der Waals surface area contributed by atoms with Crippen LogP contribution >= 0.6 is 0 Å². The van der Waals surface area contributed by atoms with Gasteiger partial charge in [-0.15, -0.1) is 0 Å². The third-order valence-corrected chi connectivity index (χ3v) is 3.48. The Morgan fingerprint density at radius 1 is 1.27 bits per heavy atom. The van der Waals surface area contributed by atoms with Gasteiger partial charge in [0.2, 0.25) is 5.91 Å². The van der Waals surface area contributed by atoms with Crippen LogP contribution in [-0.4, -0.2) is 30.1 Å². The fourth-order valence-corrected chi connectivity index (χ4v) is 2.38. The van der Waals surface area contributed by atoms with E-state index in [2.05, 4.69) is 0 Å². The van der Waals surface area contributed by atoms with Crippen LogP contribution < -0.4 is 0 Å². The van der Waals surface area contributed by atoms with Crippen LogP contribution in [0.25, 0.3) is 5.57 Å². The topological polar surface area (TPSA) is 20.3 Å². The number of alkyl halides is 3. The van der Waals surface area contributed by atoms with E-state index >= 15 is 0 Å². The van der Waals surface area contributed by atoms with Gasteiger partial charge in [-0.05, 0) is 18.1 Å². The van der Waals surface area contributed by atoms with Crippen molar-refractivity contribution in [3.05, 3.63) is 41.5 Å². The number of carbonyl (C=O) groups is 1. The third-order valence-electron chi connectivity index (χ3n) is 3.48. The van der Waals surface area contributed by atoms with Crippen molar-refractivity contribution >= 4 is 11.5 Å². The summed E-state index contributed by atoms with van der Waals surface area (Å²) in [5.74, 6) is -3.50. The highest BCUT2D eigenvalue weighted by Crippen LogP contribution is 2.28. The van der Waals surface area contributed by atoms with Crippen molar-refractivity contribution in [2.45, 2.75) is 19.5 Å². The maximum Gasteiger partial charge on any atom is 0.406 e. The number of amides is 1. The van der Waals surface area contributed by atoms with Crippen LogP contribution in [0.4, 0.5) is 22.0 Å². The van der Waals surface area contributed by atoms with Crippen molar-refractivity contribution in [2.24, 2.45) is 5.92 Å². The largest absolute Gasteiger partial charge is 0.406 e. The molecule has 2 nitrogen and oxygen atoms in total. The lowest BCUT2D eigenvalue weighted by molar-refractivity contribution is -0.161. The van der Waals surface area contributed by atoms with Crippen LogP contribution in [0.15, 0.2) is 24.3 Å². The molecule has 0 aliphatic carbocycles. The van der Waals surface area contributed by atoms with Crippen molar-refractivity contribution in [2.75, 3.05) is 13.1 Å². The maximum absolute atomic E-state index is 13.8. The Morgan fingerprint density at radius 2 is 1.95 bits per heavy atom. The van der Waals surface area contributed by atoms with Gasteiger partial charge in [-0.1, -0.05) is 25.1 Å². The molecule has 22 heavy (non-hydrogen) atoms. The number of allylic oxidation sites excluding steroid dienone is 1. The molecule has 0 saturated carbocycles. The minimum absolute atomic E-state index is 0.117. The first-order valence-corrected chi connectivity index (χ1v) is 6.68. The van der Waals surface area contributed by atoms with Gasteiger partial charge in [0.1, 0.15) is 6.54 Å². The highest BCUT2D eigenvalue weighted by atomic mass is 19.4. The lowest BCUT2D eigenvalue weighted by Crippen LogP contribution is -2.41. The van der Waals surface area contributed by atoms with Gasteiger partial charge in [-0.3, -0.25) is 4.79 Å². The summed E-state index contributed by atoms with van der Waals surface area (Å²) in [6.45, 7) is -0.305. The molecule has 1 aliphatic rings. The summed E-state index contributed by atoms with van der Waals surface area (Å²) in [6.07, 6.45) is -2.87. The molecule has 7 heteroatoms. The third kappa shape index (κ3) is 3.64. The maximum atomic E-state index is 13.8. The normalized spacial score (nSPS) is 19.9. The van der Waals surface area contributed by atoms with E-state index in [1.807, 2.05) is 0 Å². The average Bonchev–Trinajstić information content (AvgIpc) is 2.54. The zero-order chi connectivity index (χ0) is 16.5. The summed E-state index contributed by atoms with van der Waals surface area (Å²) >= 11 is 0. The van der Waals surface area contributed by atoms with E-state index in [1.54, 1.807) is 0 Å². The Balaban J connectivity index is 2.36. The van der Waals surface area contributed by atoms with Gasteiger partial charge in [-0.2, -0.15) is 13.2 Å². The van der Waals surface area contributed by atoms with Crippen molar-refractivity contribution in [1.29, 1.82) is 0 Å². The molecule has 0 bridgehead atoms. The van der Waals surface area contributed by atoms with E-state index in [9.17, 15) is 26.7 Å². The molecular weight excluding hydrogens is 305 g/mol. The van der Waals surface area contributed by atoms with Crippen LogP contribution in [0.1, 0.15) is 18.9 Å². The van der Waals surface area contributed by atoms with Crippen LogP contribution in [0.5, 0.6) is 0 Å². The van der Waals surface area contributed by atoms with Gasteiger partial charge in [0.15, 0.2) is 11.6 Å². The van der Waals surface area contributed by atoms with Gasteiger partial charge < -0.3 is 4.90 Å². The summed E-state index contributed by atoms with van der Waals surface area (Å²) in [5, 5.41) is 0. The Bertz CT molecular complexity index is 608. The van der Waals surface area contributed by atoms with Gasteiger partial charge >= 0.3 is 6.18 Å². The molecule has 1 aromatic carbocycles. The lowest BCUT2D eigenvalue weighted by Gasteiger charge is -2.25. The summed E-state index contributed by atoms with van der Waals surface area (Å²) < 4.78 is 64.9. The van der Waals surface area contributed by atoms with Crippen LogP contribution in [0.3, 0.4) is 0 Å². The molecule has 0 N–H and O–H groups in total. The molecule has 0 fully saturated rings. The van der Waals surface area contributed by atoms with Gasteiger partial charge in [0.05, 0.1) is 0 Å². The summed E-state index contributed by atoms with van der Waals surface area (Å²) in [4.78, 5) is 12.6. The van der Waals surface area contributed by atoms with Crippen LogP contribution in [-0.2, 0) is 4.79 Å². The predicted molar refractivity (Wildman–Crippen MR) is 70.8 cm³/mol. The van der Waals surface area contributed by atoms with Crippen LogP contribution in [0, 0.1) is 17.6 Å². The Labute approximate surface area is 124 Å². The van der Waals surface area contributed by atoms with Crippen molar-refractivity contribution in [3.63, 3.8) is 0 Å². The number of hydrogen-bond acceptors (Lipinski definition) is 1. The second-order valence-corrected chi connectivity index (χ2v) is 5.28. The molecule has 0 aromatic heterocycles. The standard InChI is InChI=1S/C15H14F5NO/c1-9-5-6-10(11-3-2-4-12(16)13(11)17)7-21(14(9)22)8-15(18,19)20/h2-4,6,9H,5,7-8H2,1H3. The zero-order valence-electron chi connectivity index (χ0n) is 11.8. The number of hydrogen-bond donors (Lipinski definition) is 0. The van der Waals surface area contributed by atoms with Gasteiger partial charge in [0.25, 0.3) is 0 Å². The summed E-state index contributed by atoms with van der Waals surface area (Å²) in [6, 6.07) is 3.49. The van der Waals surface area contributed by atoms with E-state index in [1.165, 1.54) is 25.1 Å². The fourth-order valence-electron chi connectivity index (χ4n) is 2.38. The smallest absolute Gasteiger partial charge is 0.329 e. The fraction of sp³-hybridized carbons (Fsp3) is 0.400. The first-order chi connectivity index (χ1) is 10.2. The molecular formula is C15H14F5NO. The average molecular weight is 319 g/mol. The molecule has 1 heterocycles. The number of halogens is 5. The molecule has 1 aromatic rings. The molecule has 0 spiro atoms. The summed E-state index contributed by atoms with van der Waals surface area (Å²) in [7, 11) is 0. The number of rotatable bonds is 2. The molecule has 1 amide bonds. The van der Waals surface area contributed by atoms with Gasteiger partial charge in [-0.25, -0.2) is 8.78 Å². The lowest BCUT2D eigenvalue weighted by atomic mass is 10.0. The summed E-state index contributed by atoms with van der Waals surface area (Å²) in [5.41, 5.74) is 0.0630. The molecule has 1 aliphatic heterocycles.